The Morgan fingerprint density at radius 3 is 2.52 bits per heavy atom. The fourth-order valence-electron chi connectivity index (χ4n) is 2.60. The van der Waals surface area contributed by atoms with Crippen molar-refractivity contribution < 1.29 is 24.2 Å². The van der Waals surface area contributed by atoms with Crippen molar-refractivity contribution in [2.24, 2.45) is 0 Å². The third-order valence-electron chi connectivity index (χ3n) is 3.68. The van der Waals surface area contributed by atoms with E-state index in [4.69, 9.17) is 9.47 Å². The molecule has 0 unspecified atom stereocenters. The molecule has 25 heavy (non-hydrogen) atoms. The molecule has 0 aromatic heterocycles. The highest BCUT2D eigenvalue weighted by atomic mass is 16.5. The number of aromatic hydroxyl groups is 1. The molecule has 1 heterocycles. The van der Waals surface area contributed by atoms with Crippen molar-refractivity contribution in [3.8, 4) is 17.2 Å². The molecule has 0 saturated heterocycles. The van der Waals surface area contributed by atoms with Crippen LogP contribution < -0.4 is 14.8 Å². The third-order valence-corrected chi connectivity index (χ3v) is 3.68. The Bertz CT molecular complexity index is 868. The molecule has 0 atom stereocenters. The summed E-state index contributed by atoms with van der Waals surface area (Å²) in [5, 5.41) is 12.7. The number of carbonyl (C=O) groups is 2. The number of hydrogen-bond acceptors (Lipinski definition) is 5. The van der Waals surface area contributed by atoms with Crippen LogP contribution >= 0.6 is 0 Å². The normalized spacial score (nSPS) is 12.5. The molecule has 3 rings (SSSR count). The van der Waals surface area contributed by atoms with Gasteiger partial charge in [-0.1, -0.05) is 12.1 Å². The maximum Gasteiger partial charge on any atom is 0.308 e. The maximum absolute atomic E-state index is 11.1. The summed E-state index contributed by atoms with van der Waals surface area (Å²) >= 11 is 0. The first-order chi connectivity index (χ1) is 11.9. The standard InChI is InChI=1S/C19H17NO5/c1-11(21)20-16-5-3-13(4-6-16)15-7-14-8-17(23)19(25-12(2)22)9-18(14)24-10-15/h3-6,8-10,23H,7H2,1-2H3,(H,20,21). The summed E-state index contributed by atoms with van der Waals surface area (Å²) in [6.07, 6.45) is 2.19. The number of phenols is 1. The zero-order chi connectivity index (χ0) is 18.0. The second kappa shape index (κ2) is 6.68. The largest absolute Gasteiger partial charge is 0.504 e. The van der Waals surface area contributed by atoms with Crippen molar-refractivity contribution in [2.75, 3.05) is 5.32 Å². The molecule has 2 N–H and O–H groups in total. The SMILES string of the molecule is CC(=O)Nc1ccc(C2=COc3cc(OC(C)=O)c(O)cc3C2)cc1. The highest BCUT2D eigenvalue weighted by molar-refractivity contribution is 5.89. The molecule has 0 spiro atoms. The molecule has 0 saturated carbocycles. The molecule has 2 aromatic rings. The van der Waals surface area contributed by atoms with Crippen molar-refractivity contribution in [3.05, 3.63) is 53.8 Å². The molecular weight excluding hydrogens is 322 g/mol. The van der Waals surface area contributed by atoms with Gasteiger partial charge in [0.05, 0.1) is 6.26 Å². The molecule has 0 aliphatic carbocycles. The smallest absolute Gasteiger partial charge is 0.308 e. The Kier molecular flexibility index (Phi) is 4.43. The molecular formula is C19H17NO5. The number of phenolic OH excluding ortho intramolecular Hbond substituents is 1. The van der Waals surface area contributed by atoms with Gasteiger partial charge in [-0.3, -0.25) is 9.59 Å². The van der Waals surface area contributed by atoms with E-state index in [9.17, 15) is 14.7 Å². The van der Waals surface area contributed by atoms with Crippen LogP contribution in [0.4, 0.5) is 5.69 Å². The summed E-state index contributed by atoms with van der Waals surface area (Å²) < 4.78 is 10.6. The Morgan fingerprint density at radius 1 is 1.16 bits per heavy atom. The summed E-state index contributed by atoms with van der Waals surface area (Å²) in [6, 6.07) is 10.4. The van der Waals surface area contributed by atoms with Gasteiger partial charge in [-0.25, -0.2) is 0 Å². The lowest BCUT2D eigenvalue weighted by Gasteiger charge is -2.19. The Balaban J connectivity index is 1.81. The van der Waals surface area contributed by atoms with Crippen molar-refractivity contribution in [1.82, 2.24) is 0 Å². The third kappa shape index (κ3) is 3.80. The van der Waals surface area contributed by atoms with Gasteiger partial charge in [0, 0.05) is 37.6 Å². The van der Waals surface area contributed by atoms with E-state index in [0.29, 0.717) is 12.2 Å². The average Bonchev–Trinajstić information content (AvgIpc) is 2.55. The quantitative estimate of drug-likeness (QED) is 0.662. The minimum absolute atomic E-state index is 0.0720. The molecule has 6 nitrogen and oxygen atoms in total. The number of nitrogens with one attached hydrogen (secondary N) is 1. The van der Waals surface area contributed by atoms with Crippen LogP contribution in [0.3, 0.4) is 0 Å². The molecule has 0 fully saturated rings. The van der Waals surface area contributed by atoms with E-state index in [0.717, 1.165) is 22.4 Å². The number of hydrogen-bond donors (Lipinski definition) is 2. The summed E-state index contributed by atoms with van der Waals surface area (Å²) in [7, 11) is 0. The van der Waals surface area contributed by atoms with Crippen LogP contribution in [0.1, 0.15) is 25.0 Å². The van der Waals surface area contributed by atoms with E-state index in [1.807, 2.05) is 24.3 Å². The molecule has 0 bridgehead atoms. The van der Waals surface area contributed by atoms with E-state index in [1.165, 1.54) is 26.0 Å². The Morgan fingerprint density at radius 2 is 1.88 bits per heavy atom. The topological polar surface area (TPSA) is 84.9 Å². The van der Waals surface area contributed by atoms with Crippen LogP contribution in [0.2, 0.25) is 0 Å². The van der Waals surface area contributed by atoms with Crippen molar-refractivity contribution >= 4 is 23.1 Å². The van der Waals surface area contributed by atoms with E-state index < -0.39 is 5.97 Å². The number of benzene rings is 2. The first kappa shape index (κ1) is 16.6. The summed E-state index contributed by atoms with van der Waals surface area (Å²) in [5.41, 5.74) is 3.39. The lowest BCUT2D eigenvalue weighted by molar-refractivity contribution is -0.132. The predicted octanol–water partition coefficient (Wildman–Crippen LogP) is 3.25. The maximum atomic E-state index is 11.1. The van der Waals surface area contributed by atoms with Gasteiger partial charge in [0.15, 0.2) is 11.5 Å². The number of anilines is 1. The van der Waals surface area contributed by atoms with Gasteiger partial charge in [-0.2, -0.15) is 0 Å². The second-order valence-corrected chi connectivity index (χ2v) is 5.72. The fraction of sp³-hybridized carbons (Fsp3) is 0.158. The zero-order valence-electron chi connectivity index (χ0n) is 13.8. The number of esters is 1. The van der Waals surface area contributed by atoms with Gasteiger partial charge in [0.25, 0.3) is 0 Å². The average molecular weight is 339 g/mol. The van der Waals surface area contributed by atoms with E-state index in [1.54, 1.807) is 6.26 Å². The number of amides is 1. The number of ether oxygens (including phenoxy) is 2. The highest BCUT2D eigenvalue weighted by Gasteiger charge is 2.18. The van der Waals surface area contributed by atoms with E-state index >= 15 is 0 Å². The predicted molar refractivity (Wildman–Crippen MR) is 92.5 cm³/mol. The van der Waals surface area contributed by atoms with Gasteiger partial charge in [-0.05, 0) is 29.3 Å². The van der Waals surface area contributed by atoms with Gasteiger partial charge >= 0.3 is 5.97 Å². The molecule has 2 aromatic carbocycles. The van der Waals surface area contributed by atoms with Crippen molar-refractivity contribution in [2.45, 2.75) is 20.3 Å². The fourth-order valence-corrected chi connectivity index (χ4v) is 2.60. The van der Waals surface area contributed by atoms with Crippen LogP contribution in [0.5, 0.6) is 17.2 Å². The molecule has 1 amide bonds. The number of fused-ring (bicyclic) bond motifs is 1. The number of carbonyl (C=O) groups excluding carboxylic acids is 2. The number of allylic oxidation sites excluding steroid dienone is 1. The molecule has 1 aliphatic rings. The Hall–Kier alpha value is -3.28. The molecule has 6 heteroatoms. The highest BCUT2D eigenvalue weighted by Crippen LogP contribution is 2.39. The van der Waals surface area contributed by atoms with E-state index in [2.05, 4.69) is 5.32 Å². The van der Waals surface area contributed by atoms with Crippen LogP contribution in [0.15, 0.2) is 42.7 Å². The lowest BCUT2D eigenvalue weighted by atomic mass is 9.96. The first-order valence-electron chi connectivity index (χ1n) is 7.70. The first-order valence-corrected chi connectivity index (χ1v) is 7.70. The summed E-state index contributed by atoms with van der Waals surface area (Å²) in [6.45, 7) is 2.72. The molecule has 1 aliphatic heterocycles. The summed E-state index contributed by atoms with van der Waals surface area (Å²) in [5.74, 6) is -0.141. The van der Waals surface area contributed by atoms with Crippen LogP contribution in [0, 0.1) is 0 Å². The minimum atomic E-state index is -0.512. The van der Waals surface area contributed by atoms with Crippen LogP contribution in [0.25, 0.3) is 5.57 Å². The number of rotatable bonds is 3. The van der Waals surface area contributed by atoms with Crippen LogP contribution in [-0.4, -0.2) is 17.0 Å². The van der Waals surface area contributed by atoms with E-state index in [-0.39, 0.29) is 17.4 Å². The molecule has 0 radical (unpaired) electrons. The monoisotopic (exact) mass is 339 g/mol. The Labute approximate surface area is 144 Å². The van der Waals surface area contributed by atoms with Gasteiger partial charge in [0.1, 0.15) is 5.75 Å². The molecule has 128 valence electrons. The minimum Gasteiger partial charge on any atom is -0.504 e. The lowest BCUT2D eigenvalue weighted by Crippen LogP contribution is -2.07. The van der Waals surface area contributed by atoms with Crippen molar-refractivity contribution in [1.29, 1.82) is 0 Å². The summed E-state index contributed by atoms with van der Waals surface area (Å²) in [4.78, 5) is 22.1. The van der Waals surface area contributed by atoms with Gasteiger partial charge < -0.3 is 19.9 Å². The van der Waals surface area contributed by atoms with Crippen molar-refractivity contribution in [3.63, 3.8) is 0 Å². The van der Waals surface area contributed by atoms with Gasteiger partial charge in [0.2, 0.25) is 5.91 Å². The second-order valence-electron chi connectivity index (χ2n) is 5.72. The zero-order valence-corrected chi connectivity index (χ0v) is 13.8. The van der Waals surface area contributed by atoms with Crippen LogP contribution in [-0.2, 0) is 16.0 Å². The van der Waals surface area contributed by atoms with Gasteiger partial charge in [-0.15, -0.1) is 0 Å².